The number of sulfonamides is 1. The first kappa shape index (κ1) is 22.4. The zero-order chi connectivity index (χ0) is 21.4. The molecule has 2 rings (SSSR count). The van der Waals surface area contributed by atoms with Crippen LogP contribution in [-0.4, -0.2) is 36.1 Å². The molecule has 1 amide bonds. The number of anilines is 1. The highest BCUT2D eigenvalue weighted by Gasteiger charge is 2.40. The van der Waals surface area contributed by atoms with E-state index >= 15 is 0 Å². The van der Waals surface area contributed by atoms with Crippen molar-refractivity contribution in [1.29, 1.82) is 0 Å². The maximum absolute atomic E-state index is 13.9. The summed E-state index contributed by atoms with van der Waals surface area (Å²) in [6, 6.07) is -1.29. The third kappa shape index (κ3) is 4.57. The van der Waals surface area contributed by atoms with E-state index in [4.69, 9.17) is 23.2 Å². The van der Waals surface area contributed by atoms with Crippen LogP contribution in [0.15, 0.2) is 23.4 Å². The molecule has 0 unspecified atom stereocenters. The van der Waals surface area contributed by atoms with Crippen LogP contribution in [0.25, 0.3) is 0 Å². The van der Waals surface area contributed by atoms with Crippen LogP contribution in [0.3, 0.4) is 0 Å². The lowest BCUT2D eigenvalue weighted by atomic mass is 10.3. The number of carbonyl (C=O) groups is 1. The van der Waals surface area contributed by atoms with E-state index in [9.17, 15) is 30.8 Å². The summed E-state index contributed by atoms with van der Waals surface area (Å²) in [5.74, 6) is -2.05. The Morgan fingerprint density at radius 1 is 1.32 bits per heavy atom. The van der Waals surface area contributed by atoms with E-state index in [0.29, 0.717) is 6.92 Å². The Kier molecular flexibility index (Phi) is 6.28. The molecule has 1 atom stereocenters. The summed E-state index contributed by atoms with van der Waals surface area (Å²) in [5.41, 5.74) is -0.774. The minimum atomic E-state index is -4.83. The molecule has 7 nitrogen and oxygen atoms in total. The van der Waals surface area contributed by atoms with Crippen LogP contribution in [0.2, 0.25) is 10.2 Å². The van der Waals surface area contributed by atoms with Gasteiger partial charge in [-0.15, -0.1) is 0 Å². The van der Waals surface area contributed by atoms with Gasteiger partial charge in [0.2, 0.25) is 10.0 Å². The number of nitrogens with one attached hydrogen (secondary N) is 2. The predicted octanol–water partition coefficient (Wildman–Crippen LogP) is 3.35. The number of alkyl halides is 3. The van der Waals surface area contributed by atoms with E-state index in [1.165, 1.54) is 11.8 Å². The van der Waals surface area contributed by atoms with Gasteiger partial charge >= 0.3 is 6.18 Å². The van der Waals surface area contributed by atoms with Crippen molar-refractivity contribution in [2.75, 3.05) is 5.32 Å². The highest BCUT2D eigenvalue weighted by atomic mass is 35.5. The van der Waals surface area contributed by atoms with Crippen LogP contribution in [-0.2, 0) is 17.1 Å². The van der Waals surface area contributed by atoms with E-state index in [2.05, 4.69) is 10.3 Å². The fourth-order valence-electron chi connectivity index (χ4n) is 2.08. The zero-order valence-corrected chi connectivity index (χ0v) is 16.4. The van der Waals surface area contributed by atoms with Crippen LogP contribution in [0.5, 0.6) is 0 Å². The van der Waals surface area contributed by atoms with Gasteiger partial charge in [-0.1, -0.05) is 23.2 Å². The quantitative estimate of drug-likeness (QED) is 0.526. The number of aryl methyl sites for hydroxylation is 1. The Labute approximate surface area is 166 Å². The first-order valence-corrected chi connectivity index (χ1v) is 9.54. The van der Waals surface area contributed by atoms with E-state index in [-0.39, 0.29) is 5.69 Å². The molecule has 2 aromatic rings. The van der Waals surface area contributed by atoms with Gasteiger partial charge in [-0.05, 0) is 13.0 Å². The Morgan fingerprint density at radius 2 is 1.93 bits per heavy atom. The third-order valence-corrected chi connectivity index (χ3v) is 5.82. The fourth-order valence-corrected chi connectivity index (χ4v) is 4.16. The predicted molar refractivity (Wildman–Crippen MR) is 93.4 cm³/mol. The largest absolute Gasteiger partial charge is 0.404 e. The van der Waals surface area contributed by atoms with Gasteiger partial charge in [-0.25, -0.2) is 17.8 Å². The highest BCUT2D eigenvalue weighted by Crippen LogP contribution is 2.30. The summed E-state index contributed by atoms with van der Waals surface area (Å²) in [6.45, 7) is 0.609. The molecule has 0 aliphatic heterocycles. The van der Waals surface area contributed by atoms with Crippen molar-refractivity contribution >= 4 is 44.8 Å². The maximum atomic E-state index is 13.9. The number of pyridine rings is 1. The number of rotatable bonds is 5. The van der Waals surface area contributed by atoms with Crippen LogP contribution in [0.1, 0.15) is 17.4 Å². The van der Waals surface area contributed by atoms with Gasteiger partial charge in [0.05, 0.1) is 10.7 Å². The molecule has 0 saturated carbocycles. The average molecular weight is 463 g/mol. The minimum Gasteiger partial charge on any atom is -0.344 e. The van der Waals surface area contributed by atoms with Gasteiger partial charge in [0.1, 0.15) is 16.6 Å². The van der Waals surface area contributed by atoms with Crippen molar-refractivity contribution in [2.45, 2.75) is 24.0 Å². The standard InChI is InChI=1S/C14H12Cl2F4N4O3S/c1-6(14(18,19)20)23-28(26,27)8-5-24(2)11(9(8)15)13(25)22-7-3-4-21-12(16)10(7)17/h3-6,23H,1-2H3,(H,21,22,25)/t6-/m1/s1. The number of hydrogen-bond acceptors (Lipinski definition) is 4. The number of nitrogens with zero attached hydrogens (tertiary/aromatic N) is 2. The summed E-state index contributed by atoms with van der Waals surface area (Å²) in [7, 11) is -3.47. The Bertz CT molecular complexity index is 1020. The summed E-state index contributed by atoms with van der Waals surface area (Å²) in [5, 5.41) is 0.993. The van der Waals surface area contributed by atoms with Crippen molar-refractivity contribution in [3.05, 3.63) is 40.1 Å². The second kappa shape index (κ2) is 7.85. The highest BCUT2D eigenvalue weighted by molar-refractivity contribution is 7.89. The van der Waals surface area contributed by atoms with Crippen LogP contribution in [0.4, 0.5) is 23.2 Å². The third-order valence-electron chi connectivity index (χ3n) is 3.51. The second-order valence-electron chi connectivity index (χ2n) is 5.57. The maximum Gasteiger partial charge on any atom is 0.404 e. The summed E-state index contributed by atoms with van der Waals surface area (Å²) in [6.07, 6.45) is -2.85. The molecule has 0 bridgehead atoms. The first-order chi connectivity index (χ1) is 12.8. The lowest BCUT2D eigenvalue weighted by molar-refractivity contribution is -0.147. The van der Waals surface area contributed by atoms with E-state index in [1.54, 1.807) is 0 Å². The average Bonchev–Trinajstić information content (AvgIpc) is 2.86. The van der Waals surface area contributed by atoms with Crippen molar-refractivity contribution in [3.63, 3.8) is 0 Å². The van der Waals surface area contributed by atoms with Crippen LogP contribution >= 0.6 is 23.2 Å². The zero-order valence-electron chi connectivity index (χ0n) is 14.1. The second-order valence-corrected chi connectivity index (χ2v) is 7.99. The Hall–Kier alpha value is -1.89. The molecule has 0 aliphatic rings. The van der Waals surface area contributed by atoms with E-state index in [1.807, 2.05) is 0 Å². The molecular formula is C14H12Cl2F4N4O3S. The van der Waals surface area contributed by atoms with Crippen molar-refractivity contribution in [3.8, 4) is 0 Å². The molecule has 28 heavy (non-hydrogen) atoms. The van der Waals surface area contributed by atoms with Gasteiger partial charge in [-0.3, -0.25) is 4.79 Å². The molecule has 0 spiro atoms. The molecule has 0 radical (unpaired) electrons. The Morgan fingerprint density at radius 3 is 2.50 bits per heavy atom. The number of carbonyl (C=O) groups excluding carboxylic acids is 1. The van der Waals surface area contributed by atoms with Crippen molar-refractivity contribution in [2.24, 2.45) is 7.05 Å². The van der Waals surface area contributed by atoms with Gasteiger partial charge in [0.15, 0.2) is 11.0 Å². The molecule has 0 saturated heterocycles. The van der Waals surface area contributed by atoms with Crippen molar-refractivity contribution in [1.82, 2.24) is 14.3 Å². The molecule has 154 valence electrons. The number of halogens is 6. The normalized spacial score (nSPS) is 13.4. The Balaban J connectivity index is 2.38. The molecule has 2 heterocycles. The van der Waals surface area contributed by atoms with Crippen molar-refractivity contribution < 1.29 is 30.8 Å². The minimum absolute atomic E-state index is 0.351. The smallest absolute Gasteiger partial charge is 0.344 e. The monoisotopic (exact) mass is 462 g/mol. The fraction of sp³-hybridized carbons (Fsp3) is 0.286. The number of aromatic nitrogens is 2. The number of hydrogen-bond donors (Lipinski definition) is 2. The summed E-state index contributed by atoms with van der Waals surface area (Å²) >= 11 is 11.4. The molecule has 0 aliphatic carbocycles. The van der Waals surface area contributed by atoms with Gasteiger partial charge in [0.25, 0.3) is 5.91 Å². The summed E-state index contributed by atoms with van der Waals surface area (Å²) in [4.78, 5) is 15.1. The molecule has 0 fully saturated rings. The van der Waals surface area contributed by atoms with Crippen LogP contribution in [0, 0.1) is 5.82 Å². The lowest BCUT2D eigenvalue weighted by Crippen LogP contribution is -2.42. The SMILES string of the molecule is C[C@@H](NS(=O)(=O)c1cn(C)c(C(=O)Nc2ccnc(Cl)c2F)c1Cl)C(F)(F)F. The number of amides is 1. The molecular weight excluding hydrogens is 451 g/mol. The van der Waals surface area contributed by atoms with Gasteiger partial charge in [-0.2, -0.15) is 17.9 Å². The van der Waals surface area contributed by atoms with Gasteiger partial charge < -0.3 is 9.88 Å². The topological polar surface area (TPSA) is 93.1 Å². The lowest BCUT2D eigenvalue weighted by Gasteiger charge is -2.16. The summed E-state index contributed by atoms with van der Waals surface area (Å²) < 4.78 is 78.7. The van der Waals surface area contributed by atoms with Crippen LogP contribution < -0.4 is 10.0 Å². The molecule has 14 heteroatoms. The van der Waals surface area contributed by atoms with Gasteiger partial charge in [0, 0.05) is 19.4 Å². The first-order valence-electron chi connectivity index (χ1n) is 7.31. The molecule has 2 aromatic heterocycles. The molecule has 0 aromatic carbocycles. The molecule has 2 N–H and O–H groups in total. The van der Waals surface area contributed by atoms with E-state index < -0.39 is 54.7 Å². The van der Waals surface area contributed by atoms with E-state index in [0.717, 1.165) is 23.0 Å².